The van der Waals surface area contributed by atoms with Crippen molar-refractivity contribution in [3.05, 3.63) is 33.9 Å². The Morgan fingerprint density at radius 3 is 2.31 bits per heavy atom. The minimum atomic E-state index is -1.08. The van der Waals surface area contributed by atoms with Gasteiger partial charge in [0, 0.05) is 6.07 Å². The molecule has 26 heavy (non-hydrogen) atoms. The van der Waals surface area contributed by atoms with E-state index in [1.165, 1.54) is 6.92 Å². The maximum atomic E-state index is 11.7. The number of carbonyl (C=O) groups excluding carboxylic acids is 3. The van der Waals surface area contributed by atoms with Crippen LogP contribution < -0.4 is 5.63 Å². The highest BCUT2D eigenvalue weighted by atomic mass is 17.1. The van der Waals surface area contributed by atoms with Crippen LogP contribution in [0.2, 0.25) is 0 Å². The molecular weight excluding hydrogens is 352 g/mol. The molecule has 0 saturated heterocycles. The second-order valence-electron chi connectivity index (χ2n) is 4.37. The third-order valence-electron chi connectivity index (χ3n) is 2.63. The average molecular weight is 376 g/mol. The van der Waals surface area contributed by atoms with E-state index in [1.807, 2.05) is 0 Å². The predicted molar refractivity (Wildman–Crippen MR) is 88.2 cm³/mol. The maximum absolute atomic E-state index is 11.7. The lowest BCUT2D eigenvalue weighted by Gasteiger charge is -2.08. The van der Waals surface area contributed by atoms with Gasteiger partial charge in [0.25, 0.3) is 0 Å². The summed E-state index contributed by atoms with van der Waals surface area (Å²) >= 11 is 0. The van der Waals surface area contributed by atoms with Crippen LogP contribution in [0.15, 0.2) is 21.3 Å². The number of rotatable bonds is 8. The Hall–Kier alpha value is -2.72. The average Bonchev–Trinajstić information content (AvgIpc) is 2.53. The Kier molecular flexibility index (Phi) is 12.4. The van der Waals surface area contributed by atoms with Gasteiger partial charge >= 0.3 is 23.5 Å². The molecule has 0 amide bonds. The molecule has 10 heteroatoms. The summed E-state index contributed by atoms with van der Waals surface area (Å²) in [4.78, 5) is 49.4. The van der Waals surface area contributed by atoms with Crippen molar-refractivity contribution >= 4 is 17.9 Å². The zero-order valence-electron chi connectivity index (χ0n) is 13.0. The fourth-order valence-electron chi connectivity index (χ4n) is 1.49. The molecule has 0 aliphatic carbocycles. The van der Waals surface area contributed by atoms with Gasteiger partial charge in [-0.2, -0.15) is 0 Å². The normalized spacial score (nSPS) is 10.6. The number of ether oxygens (including phenoxy) is 3. The molecular formula is C16H24O10. The summed E-state index contributed by atoms with van der Waals surface area (Å²) in [6.07, 6.45) is -1.50. The van der Waals surface area contributed by atoms with Crippen molar-refractivity contribution in [1.29, 1.82) is 0 Å². The van der Waals surface area contributed by atoms with E-state index >= 15 is 0 Å². The van der Waals surface area contributed by atoms with Crippen molar-refractivity contribution in [2.45, 2.75) is 41.2 Å². The summed E-state index contributed by atoms with van der Waals surface area (Å²) in [6, 6.07) is 2.15. The van der Waals surface area contributed by atoms with Crippen molar-refractivity contribution in [2.24, 2.45) is 0 Å². The van der Waals surface area contributed by atoms with Crippen LogP contribution in [0.5, 0.6) is 0 Å². The molecule has 10 nitrogen and oxygen atoms in total. The van der Waals surface area contributed by atoms with E-state index < -0.39 is 48.6 Å². The second kappa shape index (κ2) is 12.6. The largest absolute Gasteiger partial charge is 0.466 e. The van der Waals surface area contributed by atoms with Gasteiger partial charge in [0.15, 0.2) is 0 Å². The second-order valence-corrected chi connectivity index (χ2v) is 4.37. The van der Waals surface area contributed by atoms with Gasteiger partial charge in [-0.25, -0.2) is 14.5 Å². The first kappa shape index (κ1) is 25.5. The quantitative estimate of drug-likeness (QED) is 0.236. The summed E-state index contributed by atoms with van der Waals surface area (Å²) in [5, 5.41) is 8.58. The summed E-state index contributed by atoms with van der Waals surface area (Å²) in [5.41, 5.74) is -0.678. The molecule has 0 aliphatic heterocycles. The Morgan fingerprint density at radius 2 is 1.73 bits per heavy atom. The van der Waals surface area contributed by atoms with Crippen molar-refractivity contribution in [3.63, 3.8) is 0 Å². The molecule has 0 fully saturated rings. The van der Waals surface area contributed by atoms with Crippen LogP contribution in [0, 0.1) is 0 Å². The molecule has 0 aromatic carbocycles. The number of esters is 3. The van der Waals surface area contributed by atoms with Gasteiger partial charge in [-0.05, 0) is 25.5 Å². The molecule has 1 aromatic heterocycles. The van der Waals surface area contributed by atoms with Gasteiger partial charge in [-0.3, -0.25) is 14.8 Å². The van der Waals surface area contributed by atoms with E-state index in [0.717, 1.165) is 12.1 Å². The molecule has 1 atom stereocenters. The summed E-state index contributed by atoms with van der Waals surface area (Å²) in [5.74, 6) is -3.27. The van der Waals surface area contributed by atoms with Gasteiger partial charge in [0.1, 0.15) is 12.5 Å². The monoisotopic (exact) mass is 376 g/mol. The van der Waals surface area contributed by atoms with Gasteiger partial charge in [0.2, 0.25) is 12.6 Å². The summed E-state index contributed by atoms with van der Waals surface area (Å²) in [6.45, 7) is 2.35. The molecule has 1 rings (SSSR count). The Labute approximate surface area is 150 Å². The van der Waals surface area contributed by atoms with Crippen LogP contribution in [-0.2, 0) is 28.7 Å². The number of hydrogen-bond acceptors (Lipinski definition) is 10. The molecule has 0 aliphatic rings. The highest BCUT2D eigenvalue weighted by Crippen LogP contribution is 2.15. The first-order valence-electron chi connectivity index (χ1n) is 6.81. The van der Waals surface area contributed by atoms with Crippen molar-refractivity contribution in [1.82, 2.24) is 0 Å². The minimum Gasteiger partial charge on any atom is -0.466 e. The van der Waals surface area contributed by atoms with Gasteiger partial charge in [-0.15, -0.1) is 0 Å². The molecule has 148 valence electrons. The van der Waals surface area contributed by atoms with E-state index in [0.29, 0.717) is 0 Å². The molecule has 1 aromatic rings. The fraction of sp³-hybridized carbons (Fsp3) is 0.500. The van der Waals surface area contributed by atoms with Gasteiger partial charge in [0.05, 0.1) is 6.61 Å². The van der Waals surface area contributed by atoms with E-state index in [9.17, 15) is 19.2 Å². The van der Waals surface area contributed by atoms with Crippen LogP contribution in [0.4, 0.5) is 0 Å². The third-order valence-corrected chi connectivity index (χ3v) is 2.63. The summed E-state index contributed by atoms with van der Waals surface area (Å²) < 4.78 is 18.3. The molecule has 0 radical (unpaired) electrons. The van der Waals surface area contributed by atoms with Gasteiger partial charge in [-0.1, -0.05) is 14.9 Å². The first-order valence-corrected chi connectivity index (χ1v) is 6.81. The first-order chi connectivity index (χ1) is 11.4. The molecule has 1 heterocycles. The van der Waals surface area contributed by atoms with Crippen LogP contribution in [-0.4, -0.2) is 36.6 Å². The lowest BCUT2D eigenvalue weighted by molar-refractivity contribution is -0.277. The lowest BCUT2D eigenvalue weighted by Crippen LogP contribution is -2.18. The van der Waals surface area contributed by atoms with E-state index in [1.54, 1.807) is 6.92 Å². The molecule has 0 saturated carbocycles. The topological polar surface area (TPSA) is 139 Å². The third kappa shape index (κ3) is 8.40. The minimum absolute atomic E-state index is 0. The Bertz CT molecular complexity index is 649. The molecule has 0 spiro atoms. The van der Waals surface area contributed by atoms with E-state index in [-0.39, 0.29) is 27.0 Å². The lowest BCUT2D eigenvalue weighted by atomic mass is 10.1. The van der Waals surface area contributed by atoms with Crippen molar-refractivity contribution in [2.75, 3.05) is 13.4 Å². The van der Waals surface area contributed by atoms with Crippen LogP contribution in [0.3, 0.4) is 0 Å². The van der Waals surface area contributed by atoms with Crippen LogP contribution in [0.25, 0.3) is 0 Å². The van der Waals surface area contributed by atoms with Crippen molar-refractivity contribution < 1.29 is 43.2 Å². The van der Waals surface area contributed by atoms with Crippen LogP contribution in [0.1, 0.15) is 57.3 Å². The predicted octanol–water partition coefficient (Wildman–Crippen LogP) is 2.07. The molecule has 0 bridgehead atoms. The maximum Gasteiger partial charge on any atom is 0.377 e. The van der Waals surface area contributed by atoms with Gasteiger partial charge < -0.3 is 18.6 Å². The number of carbonyl (C=O) groups is 3. The molecule has 1 unspecified atom stereocenters. The fourth-order valence-corrected chi connectivity index (χ4v) is 1.49. The van der Waals surface area contributed by atoms with Crippen molar-refractivity contribution in [3.8, 4) is 0 Å². The highest BCUT2D eigenvalue weighted by Gasteiger charge is 2.17. The van der Waals surface area contributed by atoms with Crippen LogP contribution >= 0.6 is 0 Å². The Morgan fingerprint density at radius 1 is 1.12 bits per heavy atom. The Balaban J connectivity index is 0. The standard InChI is InChI=1S/C14H16O10.2CH4/c1-3-20-11(15)6-12(16)21-7-22-14(18)10-4-9(8(2)24-19)5-13(17)23-10;;/h4-5,8,19H,3,6-7H2,1-2H3;2*1H4. The summed E-state index contributed by atoms with van der Waals surface area (Å²) in [7, 11) is 0. The van der Waals surface area contributed by atoms with E-state index in [4.69, 9.17) is 5.26 Å². The number of hydrogen-bond donors (Lipinski definition) is 1. The van der Waals surface area contributed by atoms with E-state index in [2.05, 4.69) is 23.5 Å². The SMILES string of the molecule is C.C.CCOC(=O)CC(=O)OCOC(=O)c1cc(C(C)OO)cc(=O)o1. The zero-order valence-corrected chi connectivity index (χ0v) is 13.0. The highest BCUT2D eigenvalue weighted by molar-refractivity contribution is 5.91. The smallest absolute Gasteiger partial charge is 0.377 e. The molecule has 1 N–H and O–H groups in total. The zero-order chi connectivity index (χ0) is 18.1.